The molecule has 0 aliphatic carbocycles. The summed E-state index contributed by atoms with van der Waals surface area (Å²) < 4.78 is 0. The highest BCUT2D eigenvalue weighted by atomic mass is 16.2. The van der Waals surface area contributed by atoms with Gasteiger partial charge in [0.25, 0.3) is 5.91 Å². The predicted molar refractivity (Wildman–Crippen MR) is 56.8 cm³/mol. The van der Waals surface area contributed by atoms with Crippen LogP contribution in [0.3, 0.4) is 0 Å². The molecular weight excluding hydrogens is 178 g/mol. The van der Waals surface area contributed by atoms with Gasteiger partial charge in [-0.05, 0) is 26.7 Å². The van der Waals surface area contributed by atoms with Crippen LogP contribution in [-0.4, -0.2) is 28.2 Å². The molecule has 14 heavy (non-hydrogen) atoms. The van der Waals surface area contributed by atoms with Gasteiger partial charge in [0, 0.05) is 0 Å². The second kappa shape index (κ2) is 3.35. The molecule has 4 heteroatoms. The number of hydrazone groups is 1. The van der Waals surface area contributed by atoms with E-state index in [0.29, 0.717) is 0 Å². The minimum absolute atomic E-state index is 0.0961. The van der Waals surface area contributed by atoms with Crippen LogP contribution in [0, 0.1) is 5.92 Å². The maximum absolute atomic E-state index is 11.8. The molecule has 0 saturated heterocycles. The molecule has 0 fully saturated rings. The van der Waals surface area contributed by atoms with Crippen molar-refractivity contribution in [3.63, 3.8) is 0 Å². The molecule has 1 rings (SSSR count). The lowest BCUT2D eigenvalue weighted by Gasteiger charge is -2.28. The fourth-order valence-electron chi connectivity index (χ4n) is 1.44. The summed E-state index contributed by atoms with van der Waals surface area (Å²) in [5.41, 5.74) is 6.28. The number of nitrogens with two attached hydrogens (primary N) is 1. The van der Waals surface area contributed by atoms with Crippen molar-refractivity contribution in [2.24, 2.45) is 16.8 Å². The van der Waals surface area contributed by atoms with E-state index in [1.807, 2.05) is 34.6 Å². The Hall–Kier alpha value is -0.900. The first-order valence-electron chi connectivity index (χ1n) is 4.93. The molecular formula is C10H19N3O. The molecule has 0 saturated carbocycles. The quantitative estimate of drug-likeness (QED) is 0.681. The lowest BCUT2D eigenvalue weighted by Crippen LogP contribution is -2.46. The molecule has 1 amide bonds. The molecule has 1 atom stereocenters. The molecule has 1 aliphatic rings. The summed E-state index contributed by atoms with van der Waals surface area (Å²) in [5.74, 6) is 0.127. The van der Waals surface area contributed by atoms with Crippen LogP contribution in [-0.2, 0) is 4.79 Å². The molecule has 0 spiro atoms. The zero-order valence-corrected chi connectivity index (χ0v) is 9.53. The molecule has 0 aromatic rings. The van der Waals surface area contributed by atoms with Gasteiger partial charge < -0.3 is 5.73 Å². The van der Waals surface area contributed by atoms with E-state index in [1.54, 1.807) is 0 Å². The van der Waals surface area contributed by atoms with Crippen LogP contribution in [0.2, 0.25) is 0 Å². The fourth-order valence-corrected chi connectivity index (χ4v) is 1.44. The van der Waals surface area contributed by atoms with E-state index in [4.69, 9.17) is 5.73 Å². The summed E-state index contributed by atoms with van der Waals surface area (Å²) >= 11 is 0. The number of hydrogen-bond acceptors (Lipinski definition) is 3. The third kappa shape index (κ3) is 1.80. The molecule has 1 unspecified atom stereocenters. The Balaban J connectivity index is 2.98. The van der Waals surface area contributed by atoms with Gasteiger partial charge in [0.1, 0.15) is 6.04 Å². The first kappa shape index (κ1) is 11.2. The number of hydrogen-bond donors (Lipinski definition) is 1. The van der Waals surface area contributed by atoms with Crippen molar-refractivity contribution in [2.75, 3.05) is 0 Å². The topological polar surface area (TPSA) is 58.7 Å². The highest BCUT2D eigenvalue weighted by Crippen LogP contribution is 2.22. The number of amides is 1. The van der Waals surface area contributed by atoms with E-state index < -0.39 is 6.04 Å². The van der Waals surface area contributed by atoms with Crippen molar-refractivity contribution in [3.05, 3.63) is 0 Å². The smallest absolute Gasteiger partial charge is 0.265 e. The van der Waals surface area contributed by atoms with E-state index in [-0.39, 0.29) is 17.4 Å². The van der Waals surface area contributed by atoms with Crippen molar-refractivity contribution in [3.8, 4) is 0 Å². The van der Waals surface area contributed by atoms with Gasteiger partial charge in [-0.15, -0.1) is 0 Å². The van der Waals surface area contributed by atoms with Gasteiger partial charge in [-0.2, -0.15) is 5.10 Å². The minimum atomic E-state index is -0.547. The van der Waals surface area contributed by atoms with Gasteiger partial charge in [-0.25, -0.2) is 5.01 Å². The lowest BCUT2D eigenvalue weighted by atomic mass is 10.0. The van der Waals surface area contributed by atoms with Crippen molar-refractivity contribution in [1.82, 2.24) is 5.01 Å². The monoisotopic (exact) mass is 197 g/mol. The zero-order chi connectivity index (χ0) is 11.1. The van der Waals surface area contributed by atoms with Crippen LogP contribution < -0.4 is 5.73 Å². The molecule has 1 heterocycles. The van der Waals surface area contributed by atoms with Crippen LogP contribution in [0.5, 0.6) is 0 Å². The number of nitrogens with zero attached hydrogens (tertiary/aromatic N) is 2. The molecule has 0 aromatic carbocycles. The predicted octanol–water partition coefficient (Wildman–Crippen LogP) is 0.966. The summed E-state index contributed by atoms with van der Waals surface area (Å²) in [6.45, 7) is 9.84. The average Bonchev–Trinajstić information content (AvgIpc) is 2.28. The van der Waals surface area contributed by atoms with E-state index in [1.165, 1.54) is 5.01 Å². The Labute approximate surface area is 85.1 Å². The summed E-state index contributed by atoms with van der Waals surface area (Å²) in [5, 5.41) is 5.79. The van der Waals surface area contributed by atoms with Crippen molar-refractivity contribution < 1.29 is 4.79 Å². The second-order valence-corrected chi connectivity index (χ2v) is 4.98. The van der Waals surface area contributed by atoms with Crippen molar-refractivity contribution >= 4 is 11.6 Å². The van der Waals surface area contributed by atoms with Crippen LogP contribution in [0.1, 0.15) is 34.6 Å². The highest BCUT2D eigenvalue weighted by Gasteiger charge is 2.39. The largest absolute Gasteiger partial charge is 0.315 e. The Morgan fingerprint density at radius 3 is 2.14 bits per heavy atom. The zero-order valence-electron chi connectivity index (χ0n) is 9.53. The summed E-state index contributed by atoms with van der Waals surface area (Å²) in [4.78, 5) is 11.8. The van der Waals surface area contributed by atoms with Gasteiger partial charge in [-0.3, -0.25) is 4.79 Å². The summed E-state index contributed by atoms with van der Waals surface area (Å²) in [7, 11) is 0. The van der Waals surface area contributed by atoms with Gasteiger partial charge in [0.15, 0.2) is 0 Å². The first-order valence-corrected chi connectivity index (χ1v) is 4.93. The van der Waals surface area contributed by atoms with Crippen LogP contribution in [0.15, 0.2) is 5.10 Å². The Kier molecular flexibility index (Phi) is 2.67. The second-order valence-electron chi connectivity index (χ2n) is 4.98. The Bertz CT molecular complexity index is 276. The van der Waals surface area contributed by atoms with E-state index in [0.717, 1.165) is 5.71 Å². The molecule has 0 bridgehead atoms. The normalized spacial score (nSPS) is 23.4. The lowest BCUT2D eigenvalue weighted by molar-refractivity contribution is -0.134. The average molecular weight is 197 g/mol. The summed E-state index contributed by atoms with van der Waals surface area (Å²) in [6.07, 6.45) is 0. The van der Waals surface area contributed by atoms with E-state index in [9.17, 15) is 4.79 Å². The SMILES string of the molecule is CC(C)C1=NN(C(C)(C)C)C(=O)C1N. The van der Waals surface area contributed by atoms with Gasteiger partial charge in [-0.1, -0.05) is 13.8 Å². The fraction of sp³-hybridized carbons (Fsp3) is 0.800. The van der Waals surface area contributed by atoms with Gasteiger partial charge >= 0.3 is 0 Å². The van der Waals surface area contributed by atoms with Crippen LogP contribution in [0.25, 0.3) is 0 Å². The number of carbonyl (C=O) groups is 1. The van der Waals surface area contributed by atoms with Crippen LogP contribution >= 0.6 is 0 Å². The first-order chi connectivity index (χ1) is 6.25. The highest BCUT2D eigenvalue weighted by molar-refractivity contribution is 6.12. The maximum atomic E-state index is 11.8. The van der Waals surface area contributed by atoms with Gasteiger partial charge in [0.05, 0.1) is 11.3 Å². The number of carbonyl (C=O) groups excluding carboxylic acids is 1. The van der Waals surface area contributed by atoms with Crippen LogP contribution in [0.4, 0.5) is 0 Å². The molecule has 0 aromatic heterocycles. The Morgan fingerprint density at radius 1 is 1.43 bits per heavy atom. The molecule has 80 valence electrons. The summed E-state index contributed by atoms with van der Waals surface area (Å²) in [6, 6.07) is -0.547. The van der Waals surface area contributed by atoms with E-state index in [2.05, 4.69) is 5.10 Å². The number of rotatable bonds is 1. The minimum Gasteiger partial charge on any atom is -0.315 e. The van der Waals surface area contributed by atoms with Gasteiger partial charge in [0.2, 0.25) is 0 Å². The molecule has 1 aliphatic heterocycles. The van der Waals surface area contributed by atoms with E-state index >= 15 is 0 Å². The Morgan fingerprint density at radius 2 is 1.93 bits per heavy atom. The van der Waals surface area contributed by atoms with Crippen molar-refractivity contribution in [1.29, 1.82) is 0 Å². The molecule has 2 N–H and O–H groups in total. The third-order valence-corrected chi connectivity index (χ3v) is 2.24. The molecule has 4 nitrogen and oxygen atoms in total. The standard InChI is InChI=1S/C10H19N3O/c1-6(2)8-7(11)9(14)13(12-8)10(3,4)5/h6-7H,11H2,1-5H3. The molecule has 0 radical (unpaired) electrons. The maximum Gasteiger partial charge on any atom is 0.265 e. The third-order valence-electron chi connectivity index (χ3n) is 2.24. The van der Waals surface area contributed by atoms with Crippen molar-refractivity contribution in [2.45, 2.75) is 46.2 Å².